The van der Waals surface area contributed by atoms with Crippen molar-refractivity contribution in [1.29, 1.82) is 0 Å². The second-order valence-corrected chi connectivity index (χ2v) is 5.41. The van der Waals surface area contributed by atoms with Crippen LogP contribution >= 0.6 is 11.8 Å². The molecule has 100 valence electrons. The molecule has 0 saturated carbocycles. The van der Waals surface area contributed by atoms with Gasteiger partial charge in [-0.3, -0.25) is 4.68 Å². The van der Waals surface area contributed by atoms with E-state index in [0.29, 0.717) is 10.4 Å². The Labute approximate surface area is 120 Å². The molecule has 0 radical (unpaired) electrons. The van der Waals surface area contributed by atoms with E-state index in [-0.39, 0.29) is 5.56 Å². The standard InChI is InChI=1S/C15H12N2O2S/c1-17-12-9-5-8-11(15(18)19)13(12)14(16-17)20-10-6-3-2-4-7-10/h2-9H,1H3,(H,18,19). The molecule has 0 unspecified atom stereocenters. The number of fused-ring (bicyclic) bond motifs is 1. The van der Waals surface area contributed by atoms with E-state index in [0.717, 1.165) is 10.4 Å². The first-order valence-electron chi connectivity index (χ1n) is 6.09. The van der Waals surface area contributed by atoms with Crippen LogP contribution in [0.5, 0.6) is 0 Å². The predicted molar refractivity (Wildman–Crippen MR) is 78.2 cm³/mol. The SMILES string of the molecule is Cn1nc(Sc2ccccc2)c2c(C(=O)O)cccc21. The molecule has 0 aliphatic heterocycles. The van der Waals surface area contributed by atoms with Crippen molar-refractivity contribution >= 4 is 28.6 Å². The minimum atomic E-state index is -0.932. The lowest BCUT2D eigenvalue weighted by Crippen LogP contribution is -1.97. The van der Waals surface area contributed by atoms with Gasteiger partial charge in [0.25, 0.3) is 0 Å². The van der Waals surface area contributed by atoms with Gasteiger partial charge < -0.3 is 5.11 Å². The maximum atomic E-state index is 11.4. The average Bonchev–Trinajstić information content (AvgIpc) is 2.77. The van der Waals surface area contributed by atoms with Gasteiger partial charge in [-0.25, -0.2) is 4.79 Å². The van der Waals surface area contributed by atoms with Crippen molar-refractivity contribution in [2.45, 2.75) is 9.92 Å². The van der Waals surface area contributed by atoms with Crippen molar-refractivity contribution in [1.82, 2.24) is 9.78 Å². The molecule has 4 nitrogen and oxygen atoms in total. The first-order chi connectivity index (χ1) is 9.66. The highest BCUT2D eigenvalue weighted by Crippen LogP contribution is 2.34. The van der Waals surface area contributed by atoms with Crippen LogP contribution in [0.1, 0.15) is 10.4 Å². The van der Waals surface area contributed by atoms with E-state index in [2.05, 4.69) is 5.10 Å². The summed E-state index contributed by atoms with van der Waals surface area (Å²) in [5.41, 5.74) is 1.11. The number of aromatic nitrogens is 2. The van der Waals surface area contributed by atoms with Crippen molar-refractivity contribution in [2.75, 3.05) is 0 Å². The van der Waals surface area contributed by atoms with Crippen LogP contribution in [0, 0.1) is 0 Å². The molecule has 0 atom stereocenters. The van der Waals surface area contributed by atoms with Crippen LogP contribution in [-0.2, 0) is 7.05 Å². The molecule has 3 rings (SSSR count). The fourth-order valence-corrected chi connectivity index (χ4v) is 3.12. The summed E-state index contributed by atoms with van der Waals surface area (Å²) in [6.45, 7) is 0. The Morgan fingerprint density at radius 3 is 2.60 bits per heavy atom. The predicted octanol–water partition coefficient (Wildman–Crippen LogP) is 3.42. The Hall–Kier alpha value is -2.27. The fourth-order valence-electron chi connectivity index (χ4n) is 2.12. The number of carboxylic acid groups (broad SMARTS) is 1. The summed E-state index contributed by atoms with van der Waals surface area (Å²) in [7, 11) is 1.82. The van der Waals surface area contributed by atoms with Gasteiger partial charge in [0, 0.05) is 17.3 Å². The minimum absolute atomic E-state index is 0.286. The van der Waals surface area contributed by atoms with Crippen molar-refractivity contribution in [3.8, 4) is 0 Å². The summed E-state index contributed by atoms with van der Waals surface area (Å²) in [4.78, 5) is 12.4. The molecule has 0 aliphatic rings. The number of benzene rings is 2. The number of hydrogen-bond donors (Lipinski definition) is 1. The maximum absolute atomic E-state index is 11.4. The van der Waals surface area contributed by atoms with Gasteiger partial charge in [0.05, 0.1) is 11.1 Å². The highest BCUT2D eigenvalue weighted by atomic mass is 32.2. The largest absolute Gasteiger partial charge is 0.478 e. The Bertz CT molecular complexity index is 781. The molecule has 0 saturated heterocycles. The molecule has 1 aromatic heterocycles. The van der Waals surface area contributed by atoms with Gasteiger partial charge >= 0.3 is 5.97 Å². The van der Waals surface area contributed by atoms with Gasteiger partial charge in [-0.2, -0.15) is 5.10 Å². The third-order valence-corrected chi connectivity index (χ3v) is 4.02. The smallest absolute Gasteiger partial charge is 0.336 e. The van der Waals surface area contributed by atoms with Gasteiger partial charge in [0.2, 0.25) is 0 Å². The summed E-state index contributed by atoms with van der Waals surface area (Å²) in [5, 5.41) is 15.2. The third-order valence-electron chi connectivity index (χ3n) is 3.03. The molecular formula is C15H12N2O2S. The van der Waals surface area contributed by atoms with E-state index in [1.165, 1.54) is 11.8 Å². The van der Waals surface area contributed by atoms with Crippen LogP contribution in [-0.4, -0.2) is 20.9 Å². The number of aromatic carboxylic acids is 1. The number of nitrogens with zero attached hydrogens (tertiary/aromatic N) is 2. The van der Waals surface area contributed by atoms with Crippen molar-refractivity contribution < 1.29 is 9.90 Å². The Morgan fingerprint density at radius 1 is 1.15 bits per heavy atom. The Kier molecular flexibility index (Phi) is 3.20. The van der Waals surface area contributed by atoms with Crippen LogP contribution in [0.2, 0.25) is 0 Å². The topological polar surface area (TPSA) is 55.1 Å². The van der Waals surface area contributed by atoms with Gasteiger partial charge in [0.15, 0.2) is 0 Å². The molecule has 2 aromatic carbocycles. The van der Waals surface area contributed by atoms with Gasteiger partial charge in [0.1, 0.15) is 5.03 Å². The normalized spacial score (nSPS) is 10.8. The second-order valence-electron chi connectivity index (χ2n) is 4.35. The van der Waals surface area contributed by atoms with Crippen LogP contribution in [0.3, 0.4) is 0 Å². The van der Waals surface area contributed by atoms with Crippen molar-refractivity contribution in [3.63, 3.8) is 0 Å². The monoisotopic (exact) mass is 284 g/mol. The molecule has 1 N–H and O–H groups in total. The first-order valence-corrected chi connectivity index (χ1v) is 6.90. The molecule has 0 spiro atoms. The van der Waals surface area contributed by atoms with Crippen molar-refractivity contribution in [2.24, 2.45) is 7.05 Å². The van der Waals surface area contributed by atoms with Crippen LogP contribution in [0.25, 0.3) is 10.9 Å². The minimum Gasteiger partial charge on any atom is -0.478 e. The zero-order valence-corrected chi connectivity index (χ0v) is 11.6. The molecule has 0 amide bonds. The zero-order chi connectivity index (χ0) is 14.1. The first kappa shape index (κ1) is 12.7. The molecule has 0 fully saturated rings. The summed E-state index contributed by atoms with van der Waals surface area (Å²) >= 11 is 1.47. The average molecular weight is 284 g/mol. The summed E-state index contributed by atoms with van der Waals surface area (Å²) in [6.07, 6.45) is 0. The molecule has 0 bridgehead atoms. The van der Waals surface area contributed by atoms with Crippen molar-refractivity contribution in [3.05, 3.63) is 54.1 Å². The van der Waals surface area contributed by atoms with E-state index in [1.807, 2.05) is 43.4 Å². The van der Waals surface area contributed by atoms with Crippen LogP contribution in [0.4, 0.5) is 0 Å². The molecule has 1 heterocycles. The third kappa shape index (κ3) is 2.16. The van der Waals surface area contributed by atoms with Crippen LogP contribution < -0.4 is 0 Å². The lowest BCUT2D eigenvalue weighted by Gasteiger charge is -2.01. The number of carbonyl (C=O) groups is 1. The lowest BCUT2D eigenvalue weighted by molar-refractivity contribution is 0.0699. The molecule has 5 heteroatoms. The molecule has 20 heavy (non-hydrogen) atoms. The highest BCUT2D eigenvalue weighted by Gasteiger charge is 2.17. The number of aryl methyl sites for hydroxylation is 1. The zero-order valence-electron chi connectivity index (χ0n) is 10.8. The van der Waals surface area contributed by atoms with E-state index >= 15 is 0 Å². The second kappa shape index (κ2) is 5.02. The lowest BCUT2D eigenvalue weighted by atomic mass is 10.1. The molecular weight excluding hydrogens is 272 g/mol. The number of hydrogen-bond acceptors (Lipinski definition) is 3. The fraction of sp³-hybridized carbons (Fsp3) is 0.0667. The van der Waals surface area contributed by atoms with Gasteiger partial charge in [-0.15, -0.1) is 0 Å². The van der Waals surface area contributed by atoms with Gasteiger partial charge in [-0.1, -0.05) is 36.0 Å². The summed E-state index contributed by atoms with van der Waals surface area (Å²) in [5.74, 6) is -0.932. The van der Waals surface area contributed by atoms with Gasteiger partial charge in [-0.05, 0) is 24.3 Å². The number of rotatable bonds is 3. The number of carboxylic acids is 1. The van der Waals surface area contributed by atoms with E-state index in [9.17, 15) is 9.90 Å². The molecule has 0 aliphatic carbocycles. The Morgan fingerprint density at radius 2 is 1.90 bits per heavy atom. The van der Waals surface area contributed by atoms with Crippen LogP contribution in [0.15, 0.2) is 58.5 Å². The maximum Gasteiger partial charge on any atom is 0.336 e. The molecule has 3 aromatic rings. The quantitative estimate of drug-likeness (QED) is 0.800. The summed E-state index contributed by atoms with van der Waals surface area (Å²) < 4.78 is 1.72. The van der Waals surface area contributed by atoms with E-state index in [1.54, 1.807) is 16.8 Å². The Balaban J connectivity index is 2.18. The summed E-state index contributed by atoms with van der Waals surface area (Å²) in [6, 6.07) is 15.0. The van der Waals surface area contributed by atoms with E-state index in [4.69, 9.17) is 0 Å². The highest BCUT2D eigenvalue weighted by molar-refractivity contribution is 7.99. The van der Waals surface area contributed by atoms with E-state index < -0.39 is 5.97 Å².